The van der Waals surface area contributed by atoms with Crippen LogP contribution in [0.5, 0.6) is 0 Å². The predicted octanol–water partition coefficient (Wildman–Crippen LogP) is 3.97. The first-order chi connectivity index (χ1) is 30.6. The molecule has 9 N–H and O–H groups in total. The SMILES string of the molecule is CC(C)C[C@H]1C/N=C(\C(C)(C)O)C(=O)N[C@H](C(C)C)C(=O)N[C@@H](Cc2c[nH]c3ccccc23)C(=O)N[C@H](CC(C)C)C(=O)N[C@@H](C(C)C)C(=O)N[C@H](Cc2c[nH]c3ccccc23)C(=O)N1. The minimum Gasteiger partial charge on any atom is -0.384 e. The van der Waals surface area contributed by atoms with Gasteiger partial charge >= 0.3 is 0 Å². The second-order valence-corrected chi connectivity index (χ2v) is 19.4. The first-order valence-corrected chi connectivity index (χ1v) is 22.8. The highest BCUT2D eigenvalue weighted by molar-refractivity contribution is 6.42. The third-order valence-electron chi connectivity index (χ3n) is 11.7. The Hall–Kier alpha value is -6.03. The van der Waals surface area contributed by atoms with Crippen molar-refractivity contribution in [2.24, 2.45) is 28.7 Å². The van der Waals surface area contributed by atoms with Crippen molar-refractivity contribution in [2.75, 3.05) is 6.54 Å². The summed E-state index contributed by atoms with van der Waals surface area (Å²) in [5.74, 6) is -4.79. The second kappa shape index (κ2) is 21.8. The van der Waals surface area contributed by atoms with Gasteiger partial charge in [-0.1, -0.05) is 91.8 Å². The molecule has 4 aromatic rings. The van der Waals surface area contributed by atoms with Crippen molar-refractivity contribution in [1.29, 1.82) is 0 Å². The van der Waals surface area contributed by atoms with E-state index in [0.717, 1.165) is 32.9 Å². The molecule has 0 radical (unpaired) electrons. The fourth-order valence-electron chi connectivity index (χ4n) is 8.29. The van der Waals surface area contributed by atoms with Crippen LogP contribution >= 0.6 is 0 Å². The van der Waals surface area contributed by atoms with Crippen molar-refractivity contribution in [2.45, 2.75) is 137 Å². The Morgan fingerprint density at radius 3 is 1.46 bits per heavy atom. The van der Waals surface area contributed by atoms with E-state index in [1.54, 1.807) is 40.1 Å². The van der Waals surface area contributed by atoms with E-state index in [1.165, 1.54) is 13.8 Å². The number of carbonyl (C=O) groups excluding carboxylic acids is 6. The fourth-order valence-corrected chi connectivity index (χ4v) is 8.29. The average Bonchev–Trinajstić information content (AvgIpc) is 3.83. The molecule has 0 saturated carbocycles. The maximum Gasteiger partial charge on any atom is 0.268 e. The van der Waals surface area contributed by atoms with Crippen LogP contribution in [0.3, 0.4) is 0 Å². The van der Waals surface area contributed by atoms with Gasteiger partial charge in [-0.15, -0.1) is 0 Å². The molecule has 1 aliphatic heterocycles. The number of benzene rings is 2. The number of aliphatic imine (C=N–C) groups is 1. The number of rotatable bonds is 11. The van der Waals surface area contributed by atoms with Crippen LogP contribution in [0.1, 0.15) is 93.2 Å². The smallest absolute Gasteiger partial charge is 0.268 e. The Kier molecular flexibility index (Phi) is 16.7. The second-order valence-electron chi connectivity index (χ2n) is 19.4. The van der Waals surface area contributed by atoms with E-state index in [2.05, 4.69) is 46.9 Å². The van der Waals surface area contributed by atoms with Crippen molar-refractivity contribution in [3.8, 4) is 0 Å². The Bertz CT molecular complexity index is 2350. The molecular weight excluding hydrogens is 827 g/mol. The van der Waals surface area contributed by atoms with Gasteiger partial charge in [-0.25, -0.2) is 0 Å². The molecule has 0 aliphatic carbocycles. The number of amides is 6. The molecule has 5 rings (SSSR count). The zero-order valence-electron chi connectivity index (χ0n) is 39.4. The highest BCUT2D eigenvalue weighted by Gasteiger charge is 2.37. The molecular formula is C49H69N9O7. The molecule has 1 aliphatic rings. The van der Waals surface area contributed by atoms with E-state index < -0.39 is 89.1 Å². The number of hydrogen-bond donors (Lipinski definition) is 9. The summed E-state index contributed by atoms with van der Waals surface area (Å²) in [5.41, 5.74) is 1.16. The maximum atomic E-state index is 14.5. The number of carbonyl (C=O) groups is 6. The largest absolute Gasteiger partial charge is 0.384 e. The Labute approximate surface area is 381 Å². The van der Waals surface area contributed by atoms with E-state index in [1.807, 2.05) is 76.2 Å². The van der Waals surface area contributed by atoms with Crippen molar-refractivity contribution in [3.63, 3.8) is 0 Å². The lowest BCUT2D eigenvalue weighted by Gasteiger charge is -2.29. The molecule has 2 aromatic carbocycles. The van der Waals surface area contributed by atoms with Gasteiger partial charge in [0.2, 0.25) is 29.5 Å². The number of nitrogens with one attached hydrogen (secondary N) is 8. The highest BCUT2D eigenvalue weighted by atomic mass is 16.3. The lowest BCUT2D eigenvalue weighted by atomic mass is 9.97. The minimum absolute atomic E-state index is 0.0276. The molecule has 352 valence electrons. The Balaban J connectivity index is 1.61. The average molecular weight is 896 g/mol. The normalized spacial score (nSPS) is 23.7. The van der Waals surface area contributed by atoms with E-state index in [0.29, 0.717) is 6.42 Å². The van der Waals surface area contributed by atoms with Crippen LogP contribution in [0.2, 0.25) is 0 Å². The summed E-state index contributed by atoms with van der Waals surface area (Å²) in [6, 6.07) is 8.75. The summed E-state index contributed by atoms with van der Waals surface area (Å²) in [6.07, 6.45) is 4.31. The summed E-state index contributed by atoms with van der Waals surface area (Å²) >= 11 is 0. The first kappa shape index (κ1) is 50.0. The van der Waals surface area contributed by atoms with Gasteiger partial charge < -0.3 is 47.0 Å². The maximum absolute atomic E-state index is 14.5. The quantitative estimate of drug-likeness (QED) is 0.107. The predicted molar refractivity (Wildman–Crippen MR) is 253 cm³/mol. The molecule has 16 heteroatoms. The zero-order valence-corrected chi connectivity index (χ0v) is 39.4. The third-order valence-corrected chi connectivity index (χ3v) is 11.7. The molecule has 2 aromatic heterocycles. The minimum atomic E-state index is -1.77. The summed E-state index contributed by atoms with van der Waals surface area (Å²) in [5, 5.41) is 30.5. The van der Waals surface area contributed by atoms with Gasteiger partial charge in [0.1, 0.15) is 41.5 Å². The summed E-state index contributed by atoms with van der Waals surface area (Å²) in [7, 11) is 0. The number of para-hydroxylation sites is 2. The number of aromatic amines is 2. The molecule has 0 fully saturated rings. The number of nitrogens with zero attached hydrogens (tertiary/aromatic N) is 1. The summed E-state index contributed by atoms with van der Waals surface area (Å²) in [4.78, 5) is 97.4. The molecule has 0 bridgehead atoms. The summed E-state index contributed by atoms with van der Waals surface area (Å²) in [6.45, 7) is 17.5. The Morgan fingerprint density at radius 2 is 1.00 bits per heavy atom. The molecule has 0 saturated heterocycles. The topological polar surface area (TPSA) is 239 Å². The lowest BCUT2D eigenvalue weighted by molar-refractivity contribution is -0.136. The molecule has 6 amide bonds. The number of aromatic nitrogens is 2. The molecule has 0 spiro atoms. The highest BCUT2D eigenvalue weighted by Crippen LogP contribution is 2.22. The first-order valence-electron chi connectivity index (χ1n) is 22.8. The van der Waals surface area contributed by atoms with Gasteiger partial charge in [-0.3, -0.25) is 33.8 Å². The zero-order chi connectivity index (χ0) is 47.7. The van der Waals surface area contributed by atoms with Crippen LogP contribution in [-0.2, 0) is 41.6 Å². The van der Waals surface area contributed by atoms with Crippen molar-refractivity contribution in [1.82, 2.24) is 41.9 Å². The fraction of sp³-hybridized carbons (Fsp3) is 0.531. The van der Waals surface area contributed by atoms with Gasteiger partial charge in [0.05, 0.1) is 6.54 Å². The van der Waals surface area contributed by atoms with E-state index in [9.17, 15) is 33.9 Å². The molecule has 65 heavy (non-hydrogen) atoms. The van der Waals surface area contributed by atoms with Crippen LogP contribution in [-0.4, -0.2) is 105 Å². The lowest BCUT2D eigenvalue weighted by Crippen LogP contribution is -2.61. The monoisotopic (exact) mass is 896 g/mol. The third kappa shape index (κ3) is 13.3. The van der Waals surface area contributed by atoms with Crippen LogP contribution in [0.15, 0.2) is 65.9 Å². The van der Waals surface area contributed by atoms with Crippen molar-refractivity contribution in [3.05, 3.63) is 72.1 Å². The van der Waals surface area contributed by atoms with Crippen LogP contribution in [0.25, 0.3) is 21.8 Å². The van der Waals surface area contributed by atoms with Crippen molar-refractivity contribution < 1.29 is 33.9 Å². The van der Waals surface area contributed by atoms with Crippen LogP contribution in [0.4, 0.5) is 0 Å². The van der Waals surface area contributed by atoms with E-state index in [-0.39, 0.29) is 43.4 Å². The number of hydrogen-bond acceptors (Lipinski definition) is 8. The van der Waals surface area contributed by atoms with Gasteiger partial charge in [0.15, 0.2) is 0 Å². The van der Waals surface area contributed by atoms with Gasteiger partial charge in [-0.2, -0.15) is 0 Å². The molecule has 0 unspecified atom stereocenters. The van der Waals surface area contributed by atoms with Crippen LogP contribution < -0.4 is 31.9 Å². The molecule has 16 nitrogen and oxygen atoms in total. The van der Waals surface area contributed by atoms with Gasteiger partial charge in [-0.05, 0) is 73.6 Å². The number of H-pyrrole nitrogens is 2. The van der Waals surface area contributed by atoms with E-state index in [4.69, 9.17) is 0 Å². The molecule has 3 heterocycles. The molecule has 6 atom stereocenters. The van der Waals surface area contributed by atoms with Gasteiger partial charge in [0, 0.05) is 53.1 Å². The van der Waals surface area contributed by atoms with Crippen LogP contribution in [0, 0.1) is 23.7 Å². The van der Waals surface area contributed by atoms with E-state index >= 15 is 0 Å². The Morgan fingerprint density at radius 1 is 0.569 bits per heavy atom. The standard InChI is InChI=1S/C49H69N9O7/c1-26(2)19-32-25-52-42(49(9,10)65)48(64)58-41(29(7)8)47(63)56-39(22-31-24-51-36-18-14-12-16-34(31)36)44(60)54-37(20-27(3)4)45(61)57-40(28(5)6)46(62)55-38(43(59)53-32)21-30-23-50-35-17-13-11-15-33(30)35/h11-18,23-24,26-29,32,37-41,50-51,65H,19-22,25H2,1-10H3,(H,53,59)(H,54,60)(H,55,62)(H,56,63)(H,57,61)(H,58,64)/b52-42-/t32-,37+,38+,39-,40-,41+/m0/s1. The number of aliphatic hydroxyl groups is 1. The van der Waals surface area contributed by atoms with Crippen molar-refractivity contribution >= 4 is 63.0 Å². The number of fused-ring (bicyclic) bond motifs is 2. The summed E-state index contributed by atoms with van der Waals surface area (Å²) < 4.78 is 0. The van der Waals surface area contributed by atoms with Gasteiger partial charge in [0.25, 0.3) is 5.91 Å².